The zero-order chi connectivity index (χ0) is 41.2. The van der Waals surface area contributed by atoms with Crippen molar-refractivity contribution in [1.29, 1.82) is 0 Å². The van der Waals surface area contributed by atoms with E-state index in [1.165, 1.54) is 12.8 Å². The van der Waals surface area contributed by atoms with Crippen LogP contribution in [0.5, 0.6) is 0 Å². The molecule has 2 heterocycles. The summed E-state index contributed by atoms with van der Waals surface area (Å²) in [4.78, 5) is 24.3. The van der Waals surface area contributed by atoms with Crippen LogP contribution in [0, 0.1) is 11.8 Å². The van der Waals surface area contributed by atoms with Crippen LogP contribution in [0.25, 0.3) is 21.5 Å². The summed E-state index contributed by atoms with van der Waals surface area (Å²) in [5.74, 6) is -1.17. The molecule has 0 aliphatic carbocycles. The summed E-state index contributed by atoms with van der Waals surface area (Å²) in [5, 5.41) is 19.3. The zero-order valence-electron chi connectivity index (χ0n) is 31.9. The Balaban J connectivity index is 0.000000209. The van der Waals surface area contributed by atoms with Gasteiger partial charge in [-0.25, -0.2) is 35.9 Å². The Morgan fingerprint density at radius 1 is 0.643 bits per heavy atom. The van der Waals surface area contributed by atoms with Gasteiger partial charge in [-0.1, -0.05) is 85.6 Å². The lowest BCUT2D eigenvalue weighted by atomic mass is 10.1. The molecule has 4 N–H and O–H groups in total. The minimum Gasteiger partial charge on any atom is -0.478 e. The molecule has 16 heteroatoms. The highest BCUT2D eigenvalue weighted by Gasteiger charge is 2.28. The van der Waals surface area contributed by atoms with Gasteiger partial charge in [0, 0.05) is 84.3 Å². The molecule has 4 aromatic rings. The molecule has 0 spiro atoms. The first kappa shape index (κ1) is 45.1. The van der Waals surface area contributed by atoms with Crippen molar-refractivity contribution >= 4 is 76.7 Å². The molecule has 6 rings (SSSR count). The summed E-state index contributed by atoms with van der Waals surface area (Å²) in [6, 6.07) is 22.3. The largest absolute Gasteiger partial charge is 0.478 e. The molecule has 4 unspecified atom stereocenters. The van der Waals surface area contributed by atoms with Crippen LogP contribution in [0.15, 0.2) is 94.7 Å². The molecule has 12 nitrogen and oxygen atoms in total. The summed E-state index contributed by atoms with van der Waals surface area (Å²) in [7, 11) is -7.19. The number of rotatable bonds is 12. The predicted octanol–water partition coefficient (Wildman–Crippen LogP) is 6.72. The second kappa shape index (κ2) is 20.2. The van der Waals surface area contributed by atoms with E-state index >= 15 is 0 Å². The normalized spacial score (nSPS) is 20.5. The number of benzene rings is 4. The molecule has 304 valence electrons. The van der Waals surface area contributed by atoms with Gasteiger partial charge in [-0.2, -0.15) is 0 Å². The fraction of sp³-hybridized carbons (Fsp3) is 0.400. The zero-order valence-corrected chi connectivity index (χ0v) is 35.0. The van der Waals surface area contributed by atoms with E-state index in [-0.39, 0.29) is 9.79 Å². The monoisotopic (exact) mass is 848 g/mol. The molecular weight excluding hydrogens is 799 g/mol. The van der Waals surface area contributed by atoms with Crippen LogP contribution in [-0.4, -0.2) is 100 Å². The van der Waals surface area contributed by atoms with Crippen LogP contribution in [0.3, 0.4) is 0 Å². The summed E-state index contributed by atoms with van der Waals surface area (Å²) in [5.41, 5.74) is 0. The smallest absolute Gasteiger partial charge is 0.328 e. The number of hydrogen-bond acceptors (Lipinski definition) is 8. The lowest BCUT2D eigenvalue weighted by Crippen LogP contribution is -2.36. The van der Waals surface area contributed by atoms with E-state index in [1.807, 2.05) is 36.4 Å². The fourth-order valence-electron chi connectivity index (χ4n) is 7.31. The van der Waals surface area contributed by atoms with Gasteiger partial charge < -0.3 is 10.2 Å². The highest BCUT2D eigenvalue weighted by molar-refractivity contribution is 7.90. The number of carboxylic acid groups (broad SMARTS) is 2. The van der Waals surface area contributed by atoms with Gasteiger partial charge in [0.25, 0.3) is 0 Å². The maximum Gasteiger partial charge on any atom is 0.328 e. The highest BCUT2D eigenvalue weighted by atomic mass is 35.5. The number of nitrogens with zero attached hydrogens (tertiary/aromatic N) is 2. The van der Waals surface area contributed by atoms with Crippen molar-refractivity contribution in [2.45, 2.75) is 62.4 Å². The van der Waals surface area contributed by atoms with Gasteiger partial charge in [0.2, 0.25) is 20.0 Å². The summed E-state index contributed by atoms with van der Waals surface area (Å²) < 4.78 is 56.4. The molecule has 2 aliphatic heterocycles. The summed E-state index contributed by atoms with van der Waals surface area (Å²) >= 11 is 12.5. The lowest BCUT2D eigenvalue weighted by molar-refractivity contribution is -0.134. The molecule has 2 saturated heterocycles. The third kappa shape index (κ3) is 12.4. The first-order valence-electron chi connectivity index (χ1n) is 18.4. The molecule has 4 aromatic carbocycles. The van der Waals surface area contributed by atoms with Gasteiger partial charge in [-0.15, -0.1) is 0 Å². The van der Waals surface area contributed by atoms with Crippen molar-refractivity contribution in [3.63, 3.8) is 0 Å². The van der Waals surface area contributed by atoms with E-state index in [0.717, 1.165) is 37.0 Å². The molecule has 0 saturated carbocycles. The van der Waals surface area contributed by atoms with Crippen LogP contribution in [-0.2, 0) is 29.6 Å². The van der Waals surface area contributed by atoms with Gasteiger partial charge in [0.05, 0.1) is 9.79 Å². The molecule has 2 fully saturated rings. The van der Waals surface area contributed by atoms with Crippen LogP contribution in [0.1, 0.15) is 40.5 Å². The molecule has 2 aliphatic rings. The minimum atomic E-state index is -3.59. The highest BCUT2D eigenvalue weighted by Crippen LogP contribution is 2.31. The van der Waals surface area contributed by atoms with E-state index < -0.39 is 32.0 Å². The SMILES string of the molecule is CC1CC(C)N(CCNS(=O)(=O)c2cccc3cccc(Cl)c23)C1.CC1CC(C)N(CCNS(=O)(=O)c2cccc3cccc(Cl)c23)C1.O=C(O)/C=C/C(=O)O. The lowest BCUT2D eigenvalue weighted by Gasteiger charge is -2.21. The number of sulfonamides is 2. The van der Waals surface area contributed by atoms with Crippen molar-refractivity contribution in [1.82, 2.24) is 19.2 Å². The second-order valence-corrected chi connectivity index (χ2v) is 18.6. The third-order valence-corrected chi connectivity index (χ3v) is 13.4. The molecule has 0 radical (unpaired) electrons. The first-order valence-corrected chi connectivity index (χ1v) is 22.1. The molecule has 56 heavy (non-hydrogen) atoms. The third-order valence-electron chi connectivity index (χ3n) is 9.79. The van der Waals surface area contributed by atoms with E-state index in [2.05, 4.69) is 46.9 Å². The number of carbonyl (C=O) groups is 2. The van der Waals surface area contributed by atoms with Crippen molar-refractivity contribution in [2.75, 3.05) is 39.3 Å². The van der Waals surface area contributed by atoms with Crippen LogP contribution in [0.2, 0.25) is 10.0 Å². The van der Waals surface area contributed by atoms with Crippen molar-refractivity contribution in [2.24, 2.45) is 11.8 Å². The number of carboxylic acids is 2. The summed E-state index contributed by atoms with van der Waals surface area (Å²) in [6.07, 6.45) is 3.46. The molecular formula is C40H50Cl2N4O8S2. The van der Waals surface area contributed by atoms with Gasteiger partial charge in [-0.3, -0.25) is 9.80 Å². The molecule has 4 atom stereocenters. The molecule has 0 aromatic heterocycles. The summed E-state index contributed by atoms with van der Waals surface area (Å²) in [6.45, 7) is 13.2. The minimum absolute atomic E-state index is 0.244. The first-order chi connectivity index (χ1) is 26.4. The van der Waals surface area contributed by atoms with Crippen molar-refractivity contribution in [3.05, 3.63) is 95.0 Å². The number of likely N-dealkylation sites (tertiary alicyclic amines) is 2. The predicted molar refractivity (Wildman–Crippen MR) is 222 cm³/mol. The van der Waals surface area contributed by atoms with E-state index in [4.69, 9.17) is 33.4 Å². The average molecular weight is 850 g/mol. The van der Waals surface area contributed by atoms with Gasteiger partial charge in [0.1, 0.15) is 0 Å². The number of aliphatic carboxylic acids is 2. The number of nitrogens with one attached hydrogen (secondary N) is 2. The Labute approximate surface area is 339 Å². The number of halogens is 2. The Morgan fingerprint density at radius 3 is 1.29 bits per heavy atom. The Kier molecular flexibility index (Phi) is 16.3. The fourth-order valence-corrected chi connectivity index (χ4v) is 10.5. The topological polar surface area (TPSA) is 173 Å². The van der Waals surface area contributed by atoms with Gasteiger partial charge >= 0.3 is 11.9 Å². The quantitative estimate of drug-likeness (QED) is 0.112. The molecule has 0 amide bonds. The van der Waals surface area contributed by atoms with Gasteiger partial charge in [0.15, 0.2) is 0 Å². The van der Waals surface area contributed by atoms with E-state index in [1.54, 1.807) is 36.4 Å². The maximum absolute atomic E-state index is 12.7. The van der Waals surface area contributed by atoms with Crippen molar-refractivity contribution in [3.8, 4) is 0 Å². The van der Waals surface area contributed by atoms with Crippen molar-refractivity contribution < 1.29 is 36.6 Å². The second-order valence-electron chi connectivity index (χ2n) is 14.4. The Hall–Kier alpha value is -3.60. The van der Waals surface area contributed by atoms with Gasteiger partial charge in [-0.05, 0) is 73.6 Å². The molecule has 0 bridgehead atoms. The Bertz CT molecular complexity index is 2090. The van der Waals surface area contributed by atoms with Crippen LogP contribution >= 0.6 is 23.2 Å². The van der Waals surface area contributed by atoms with E-state index in [9.17, 15) is 26.4 Å². The number of hydrogen-bond donors (Lipinski definition) is 4. The maximum atomic E-state index is 12.7. The van der Waals surface area contributed by atoms with E-state index in [0.29, 0.717) is 70.0 Å². The Morgan fingerprint density at radius 2 is 0.982 bits per heavy atom. The van der Waals surface area contributed by atoms with Crippen LogP contribution < -0.4 is 9.44 Å². The standard InChI is InChI=1S/2C18H23ClN2O2S.C4H4O4/c2*1-13-11-14(2)21(12-13)10-9-20-24(22,23)17-8-4-6-15-5-3-7-16(19)18(15)17;5-3(6)1-2-4(7)8/h2*3-8,13-14,20H,9-12H2,1-2H3;1-2H,(H,5,6)(H,7,8)/b;;2-1+. The number of fused-ring (bicyclic) bond motifs is 2. The van der Waals surface area contributed by atoms with Crippen LogP contribution in [0.4, 0.5) is 0 Å². The average Bonchev–Trinajstić information content (AvgIpc) is 3.64.